The summed E-state index contributed by atoms with van der Waals surface area (Å²) < 4.78 is 1.92. The molecule has 0 unspecified atom stereocenters. The van der Waals surface area contributed by atoms with Crippen molar-refractivity contribution in [2.45, 2.75) is 6.42 Å². The zero-order valence-electron chi connectivity index (χ0n) is 6.57. The van der Waals surface area contributed by atoms with Gasteiger partial charge in [0, 0.05) is 44.3 Å². The molecule has 1 aromatic heterocycles. The third kappa shape index (κ3) is 1.13. The lowest BCUT2D eigenvalue weighted by Gasteiger charge is -2.08. The zero-order valence-corrected chi connectivity index (χ0v) is 6.57. The highest BCUT2D eigenvalue weighted by molar-refractivity contribution is 5.25. The molecule has 0 amide bonds. The highest BCUT2D eigenvalue weighted by Crippen LogP contribution is 2.05. The van der Waals surface area contributed by atoms with E-state index < -0.39 is 0 Å². The lowest BCUT2D eigenvalue weighted by atomic mass is 10.3. The first-order valence-electron chi connectivity index (χ1n) is 3.77. The molecule has 1 aliphatic rings. The molecule has 0 bridgehead atoms. The highest BCUT2D eigenvalue weighted by atomic mass is 15.3. The maximum Gasteiger partial charge on any atom is 0.0496 e. The van der Waals surface area contributed by atoms with Gasteiger partial charge in [-0.05, 0) is 6.07 Å². The van der Waals surface area contributed by atoms with Crippen LogP contribution in [0.4, 0.5) is 0 Å². The summed E-state index contributed by atoms with van der Waals surface area (Å²) in [7, 11) is 2.07. The molecule has 0 radical (unpaired) electrons. The summed E-state index contributed by atoms with van der Waals surface area (Å²) in [5.41, 5.74) is 1.28. The average Bonchev–Trinajstić information content (AvgIpc) is 2.38. The van der Waals surface area contributed by atoms with Crippen LogP contribution >= 0.6 is 0 Å². The van der Waals surface area contributed by atoms with Gasteiger partial charge in [0.25, 0.3) is 0 Å². The van der Waals surface area contributed by atoms with Gasteiger partial charge in [0.2, 0.25) is 0 Å². The topological polar surface area (TPSA) is 21.1 Å². The predicted octanol–water partition coefficient (Wildman–Crippen LogP) is 0.799. The maximum absolute atomic E-state index is 4.15. The fourth-order valence-electron chi connectivity index (χ4n) is 1.22. The molecular formula is C8H11N3. The minimum atomic E-state index is 1.07. The zero-order chi connectivity index (χ0) is 7.68. The van der Waals surface area contributed by atoms with Gasteiger partial charge in [-0.2, -0.15) is 5.10 Å². The molecule has 0 saturated carbocycles. The first kappa shape index (κ1) is 6.46. The Bertz CT molecular complexity index is 275. The Morgan fingerprint density at radius 2 is 2.36 bits per heavy atom. The largest absolute Gasteiger partial charge is 0.379 e. The summed E-state index contributed by atoms with van der Waals surface area (Å²) in [6.07, 6.45) is 6.94. The maximum atomic E-state index is 4.15. The molecule has 1 aliphatic heterocycles. The van der Waals surface area contributed by atoms with Crippen molar-refractivity contribution in [3.8, 4) is 0 Å². The van der Waals surface area contributed by atoms with E-state index in [1.54, 1.807) is 0 Å². The van der Waals surface area contributed by atoms with Crippen LogP contribution in [0.25, 0.3) is 6.20 Å². The van der Waals surface area contributed by atoms with Crippen molar-refractivity contribution in [1.82, 2.24) is 14.7 Å². The Labute approximate surface area is 65.9 Å². The molecule has 0 saturated heterocycles. The molecule has 2 rings (SSSR count). The van der Waals surface area contributed by atoms with Crippen LogP contribution in [-0.2, 0) is 6.42 Å². The quantitative estimate of drug-likeness (QED) is 0.544. The lowest BCUT2D eigenvalue weighted by Crippen LogP contribution is -2.12. The smallest absolute Gasteiger partial charge is 0.0496 e. The molecule has 58 valence electrons. The van der Waals surface area contributed by atoms with E-state index in [1.165, 1.54) is 5.69 Å². The van der Waals surface area contributed by atoms with Crippen molar-refractivity contribution in [3.63, 3.8) is 0 Å². The SMILES string of the molecule is CN1C=Cn2nccc2CC1. The van der Waals surface area contributed by atoms with Crippen LogP contribution in [0.15, 0.2) is 18.5 Å². The van der Waals surface area contributed by atoms with Crippen molar-refractivity contribution >= 4 is 6.20 Å². The Kier molecular flexibility index (Phi) is 1.42. The van der Waals surface area contributed by atoms with Crippen molar-refractivity contribution in [2.75, 3.05) is 13.6 Å². The fraction of sp³-hybridized carbons (Fsp3) is 0.375. The third-order valence-corrected chi connectivity index (χ3v) is 1.94. The number of aromatic nitrogens is 2. The average molecular weight is 149 g/mol. The second-order valence-electron chi connectivity index (χ2n) is 2.80. The molecule has 3 nitrogen and oxygen atoms in total. The summed E-state index contributed by atoms with van der Waals surface area (Å²) >= 11 is 0. The molecule has 11 heavy (non-hydrogen) atoms. The standard InChI is InChI=1S/C8H11N3/c1-10-5-3-8-2-4-9-11(8)7-6-10/h2,4,6-7H,3,5H2,1H3. The Hall–Kier alpha value is -1.25. The summed E-state index contributed by atoms with van der Waals surface area (Å²) in [5, 5.41) is 4.15. The number of hydrogen-bond donors (Lipinski definition) is 0. The normalized spacial score (nSPS) is 16.3. The molecular weight excluding hydrogens is 138 g/mol. The Balaban J connectivity index is 2.35. The molecule has 2 heterocycles. The third-order valence-electron chi connectivity index (χ3n) is 1.94. The second-order valence-corrected chi connectivity index (χ2v) is 2.80. The lowest BCUT2D eigenvalue weighted by molar-refractivity contribution is 0.466. The van der Waals surface area contributed by atoms with Gasteiger partial charge in [-0.1, -0.05) is 0 Å². The van der Waals surface area contributed by atoms with E-state index >= 15 is 0 Å². The van der Waals surface area contributed by atoms with Crippen LogP contribution in [0.5, 0.6) is 0 Å². The number of hydrogen-bond acceptors (Lipinski definition) is 2. The molecule has 0 N–H and O–H groups in total. The first-order chi connectivity index (χ1) is 5.36. The van der Waals surface area contributed by atoms with Gasteiger partial charge in [0.1, 0.15) is 0 Å². The van der Waals surface area contributed by atoms with E-state index in [9.17, 15) is 0 Å². The Morgan fingerprint density at radius 1 is 1.45 bits per heavy atom. The van der Waals surface area contributed by atoms with Gasteiger partial charge >= 0.3 is 0 Å². The molecule has 1 aromatic rings. The van der Waals surface area contributed by atoms with Crippen LogP contribution in [0, 0.1) is 0 Å². The van der Waals surface area contributed by atoms with Crippen molar-refractivity contribution in [3.05, 3.63) is 24.2 Å². The Morgan fingerprint density at radius 3 is 3.27 bits per heavy atom. The molecule has 0 aromatic carbocycles. The highest BCUT2D eigenvalue weighted by Gasteiger charge is 2.04. The second kappa shape index (κ2) is 2.42. The van der Waals surface area contributed by atoms with Crippen molar-refractivity contribution in [1.29, 1.82) is 0 Å². The number of likely N-dealkylation sites (N-methyl/N-ethyl adjacent to an activating group) is 1. The predicted molar refractivity (Wildman–Crippen MR) is 43.9 cm³/mol. The van der Waals surface area contributed by atoms with Crippen molar-refractivity contribution in [2.24, 2.45) is 0 Å². The van der Waals surface area contributed by atoms with E-state index in [1.807, 2.05) is 23.3 Å². The minimum Gasteiger partial charge on any atom is -0.379 e. The van der Waals surface area contributed by atoms with Crippen molar-refractivity contribution < 1.29 is 0 Å². The van der Waals surface area contributed by atoms with Gasteiger partial charge < -0.3 is 4.90 Å². The van der Waals surface area contributed by atoms with Gasteiger partial charge in [-0.3, -0.25) is 0 Å². The number of nitrogens with zero attached hydrogens (tertiary/aromatic N) is 3. The van der Waals surface area contributed by atoms with Crippen LogP contribution in [0.3, 0.4) is 0 Å². The monoisotopic (exact) mass is 149 g/mol. The first-order valence-corrected chi connectivity index (χ1v) is 3.77. The summed E-state index contributed by atoms with van der Waals surface area (Å²) in [6.45, 7) is 1.07. The molecule has 0 aliphatic carbocycles. The van der Waals surface area contributed by atoms with E-state index in [-0.39, 0.29) is 0 Å². The van der Waals surface area contributed by atoms with Gasteiger partial charge in [-0.15, -0.1) is 0 Å². The minimum absolute atomic E-state index is 1.07. The van der Waals surface area contributed by atoms with E-state index in [0.717, 1.165) is 13.0 Å². The molecule has 0 spiro atoms. The van der Waals surface area contributed by atoms with Gasteiger partial charge in [-0.25, -0.2) is 4.68 Å². The van der Waals surface area contributed by atoms with Crippen LogP contribution in [-0.4, -0.2) is 28.3 Å². The van der Waals surface area contributed by atoms with Crippen LogP contribution < -0.4 is 0 Å². The summed E-state index contributed by atoms with van der Waals surface area (Å²) in [5.74, 6) is 0. The summed E-state index contributed by atoms with van der Waals surface area (Å²) in [4.78, 5) is 2.16. The summed E-state index contributed by atoms with van der Waals surface area (Å²) in [6, 6.07) is 2.06. The van der Waals surface area contributed by atoms with E-state index in [2.05, 4.69) is 23.1 Å². The molecule has 0 fully saturated rings. The fourth-order valence-corrected chi connectivity index (χ4v) is 1.22. The van der Waals surface area contributed by atoms with E-state index in [4.69, 9.17) is 0 Å². The van der Waals surface area contributed by atoms with Gasteiger partial charge in [0.05, 0.1) is 0 Å². The number of rotatable bonds is 0. The van der Waals surface area contributed by atoms with E-state index in [0.29, 0.717) is 0 Å². The van der Waals surface area contributed by atoms with Crippen LogP contribution in [0.2, 0.25) is 0 Å². The van der Waals surface area contributed by atoms with Gasteiger partial charge in [0.15, 0.2) is 0 Å². The van der Waals surface area contributed by atoms with Crippen LogP contribution in [0.1, 0.15) is 5.69 Å². The number of fused-ring (bicyclic) bond motifs is 1. The molecule has 3 heteroatoms. The molecule has 0 atom stereocenters.